The number of furan rings is 2. The fourth-order valence-electron chi connectivity index (χ4n) is 9.89. The first-order valence-electron chi connectivity index (χ1n) is 22.1. The third-order valence-electron chi connectivity index (χ3n) is 12.8. The van der Waals surface area contributed by atoms with Crippen molar-refractivity contribution in [2.75, 3.05) is 9.80 Å². The van der Waals surface area contributed by atoms with Gasteiger partial charge in [-0.05, 0) is 106 Å². The van der Waals surface area contributed by atoms with Crippen LogP contribution < -0.4 is 30.5 Å². The van der Waals surface area contributed by atoms with Crippen molar-refractivity contribution in [3.05, 3.63) is 255 Å². The molecular formula is C60H42N2O2Si. The molecule has 0 bridgehead atoms. The Labute approximate surface area is 378 Å². The number of rotatable bonds is 10. The minimum atomic E-state index is -3.08. The number of hydrogen-bond acceptors (Lipinski definition) is 4. The van der Waals surface area contributed by atoms with Crippen molar-refractivity contribution in [3.8, 4) is 0 Å². The summed E-state index contributed by atoms with van der Waals surface area (Å²) in [4.78, 5) is 4.71. The van der Waals surface area contributed by atoms with Crippen LogP contribution in [0.2, 0.25) is 0 Å². The third kappa shape index (κ3) is 6.60. The number of para-hydroxylation sites is 4. The highest BCUT2D eigenvalue weighted by Gasteiger charge is 2.42. The van der Waals surface area contributed by atoms with Crippen LogP contribution in [0.4, 0.5) is 34.1 Å². The van der Waals surface area contributed by atoms with Gasteiger partial charge in [-0.15, -0.1) is 0 Å². The van der Waals surface area contributed by atoms with Gasteiger partial charge in [-0.2, -0.15) is 0 Å². The molecule has 0 amide bonds. The van der Waals surface area contributed by atoms with Crippen molar-refractivity contribution in [1.82, 2.24) is 0 Å². The van der Waals surface area contributed by atoms with Crippen molar-refractivity contribution in [3.63, 3.8) is 0 Å². The van der Waals surface area contributed by atoms with Crippen LogP contribution in [0.3, 0.4) is 0 Å². The maximum absolute atomic E-state index is 6.47. The van der Waals surface area contributed by atoms with E-state index in [2.05, 4.69) is 240 Å². The summed E-state index contributed by atoms with van der Waals surface area (Å²) in [6.45, 7) is 0. The molecule has 0 spiro atoms. The van der Waals surface area contributed by atoms with E-state index >= 15 is 0 Å². The Kier molecular flexibility index (Phi) is 9.47. The lowest BCUT2D eigenvalue weighted by molar-refractivity contribution is 0.668. The fraction of sp³-hybridized carbons (Fsp3) is 0. The van der Waals surface area contributed by atoms with E-state index in [1.807, 2.05) is 24.3 Å². The minimum absolute atomic E-state index is 0.859. The van der Waals surface area contributed by atoms with Crippen molar-refractivity contribution in [2.24, 2.45) is 0 Å². The molecule has 0 radical (unpaired) electrons. The Morgan fingerprint density at radius 2 is 0.554 bits per heavy atom. The van der Waals surface area contributed by atoms with E-state index in [0.717, 1.165) is 78.0 Å². The second-order valence-electron chi connectivity index (χ2n) is 16.5. The predicted octanol–water partition coefficient (Wildman–Crippen LogP) is 13.8. The average Bonchev–Trinajstić information content (AvgIpc) is 3.94. The van der Waals surface area contributed by atoms with Crippen LogP contribution in [0.25, 0.3) is 43.9 Å². The van der Waals surface area contributed by atoms with Crippen molar-refractivity contribution < 1.29 is 8.83 Å². The maximum atomic E-state index is 6.47. The number of fused-ring (bicyclic) bond motifs is 6. The lowest BCUT2D eigenvalue weighted by atomic mass is 10.1. The molecule has 0 aliphatic heterocycles. The highest BCUT2D eigenvalue weighted by atomic mass is 28.3. The monoisotopic (exact) mass is 850 g/mol. The summed E-state index contributed by atoms with van der Waals surface area (Å²) in [5.74, 6) is 0. The van der Waals surface area contributed by atoms with E-state index in [1.54, 1.807) is 0 Å². The van der Waals surface area contributed by atoms with Gasteiger partial charge in [0, 0.05) is 67.8 Å². The SMILES string of the molecule is c1ccc(N(c2cccc([Si](c3ccccc3)(c3ccccc3)c3cccc(N(c4ccccc4)c4ccc5c(c4)oc4ccccc45)c3)c2)c2ccc3c(c2)oc2ccccc23)cc1. The van der Waals surface area contributed by atoms with Gasteiger partial charge in [-0.3, -0.25) is 0 Å². The Morgan fingerprint density at radius 3 is 0.985 bits per heavy atom. The van der Waals surface area contributed by atoms with Crippen LogP contribution in [0.5, 0.6) is 0 Å². The van der Waals surface area contributed by atoms with Crippen molar-refractivity contribution >= 4 is 107 Å². The molecule has 0 unspecified atom stereocenters. The zero-order valence-corrected chi connectivity index (χ0v) is 36.5. The first-order valence-corrected chi connectivity index (χ1v) is 24.1. The van der Waals surface area contributed by atoms with Crippen LogP contribution in [0.1, 0.15) is 0 Å². The lowest BCUT2D eigenvalue weighted by Gasteiger charge is -2.36. The third-order valence-corrected chi connectivity index (χ3v) is 17.5. The molecule has 12 aromatic rings. The molecule has 0 N–H and O–H groups in total. The molecule has 0 saturated carbocycles. The van der Waals surface area contributed by atoms with Crippen molar-refractivity contribution in [1.29, 1.82) is 0 Å². The molecule has 65 heavy (non-hydrogen) atoms. The zero-order chi connectivity index (χ0) is 43.2. The van der Waals surface area contributed by atoms with Gasteiger partial charge in [-0.25, -0.2) is 0 Å². The molecule has 0 saturated heterocycles. The highest BCUT2D eigenvalue weighted by Crippen LogP contribution is 2.40. The van der Waals surface area contributed by atoms with E-state index < -0.39 is 8.07 Å². The number of hydrogen-bond donors (Lipinski definition) is 0. The first kappa shape index (κ1) is 38.3. The molecule has 0 aliphatic carbocycles. The standard InChI is InChI=1S/C60H42N2O2Si/c1-5-19-43(20-6-1)61(47-35-37-55-53-31-13-15-33-57(53)63-59(55)41-47)45-23-17-29-51(39-45)65(49-25-9-3-10-26-49,50-27-11-4-12-28-50)52-30-18-24-46(40-52)62(44-21-7-2-8-22-44)48-36-38-56-54-32-14-16-34-58(54)64-60(56)42-48/h1-42H. The number of benzene rings is 10. The van der Waals surface area contributed by atoms with E-state index in [0.29, 0.717) is 0 Å². The van der Waals surface area contributed by atoms with Crippen LogP contribution in [-0.2, 0) is 0 Å². The molecule has 0 aliphatic rings. The molecule has 4 nitrogen and oxygen atoms in total. The molecular weight excluding hydrogens is 809 g/mol. The lowest BCUT2D eigenvalue weighted by Crippen LogP contribution is -2.74. The van der Waals surface area contributed by atoms with Crippen LogP contribution in [0.15, 0.2) is 264 Å². The molecule has 2 aromatic heterocycles. The molecule has 5 heteroatoms. The molecule has 0 fully saturated rings. The van der Waals surface area contributed by atoms with E-state index in [9.17, 15) is 0 Å². The Morgan fingerprint density at radius 1 is 0.231 bits per heavy atom. The number of nitrogens with zero attached hydrogens (tertiary/aromatic N) is 2. The van der Waals surface area contributed by atoms with E-state index in [-0.39, 0.29) is 0 Å². The Balaban J connectivity index is 1.08. The highest BCUT2D eigenvalue weighted by molar-refractivity contribution is 7.20. The predicted molar refractivity (Wildman–Crippen MR) is 274 cm³/mol. The first-order chi connectivity index (χ1) is 32.2. The molecule has 0 atom stereocenters. The van der Waals surface area contributed by atoms with Gasteiger partial charge < -0.3 is 18.6 Å². The van der Waals surface area contributed by atoms with Gasteiger partial charge in [0.05, 0.1) is 0 Å². The van der Waals surface area contributed by atoms with Crippen LogP contribution in [0, 0.1) is 0 Å². The molecule has 308 valence electrons. The minimum Gasteiger partial charge on any atom is -0.456 e. The fourth-order valence-corrected chi connectivity index (χ4v) is 14.7. The summed E-state index contributed by atoms with van der Waals surface area (Å²) in [7, 11) is -3.08. The summed E-state index contributed by atoms with van der Waals surface area (Å²) < 4.78 is 12.9. The van der Waals surface area contributed by atoms with Crippen molar-refractivity contribution in [2.45, 2.75) is 0 Å². The molecule has 12 rings (SSSR count). The summed E-state index contributed by atoms with van der Waals surface area (Å²) in [5.41, 5.74) is 9.79. The number of anilines is 6. The Hall–Kier alpha value is -8.38. The quantitative estimate of drug-likeness (QED) is 0.101. The van der Waals surface area contributed by atoms with Crippen LogP contribution >= 0.6 is 0 Å². The topological polar surface area (TPSA) is 32.8 Å². The van der Waals surface area contributed by atoms with Gasteiger partial charge >= 0.3 is 0 Å². The van der Waals surface area contributed by atoms with Gasteiger partial charge in [0.1, 0.15) is 22.3 Å². The summed E-state index contributed by atoms with van der Waals surface area (Å²) >= 11 is 0. The Bertz CT molecular complexity index is 3380. The van der Waals surface area contributed by atoms with Gasteiger partial charge in [0.15, 0.2) is 8.07 Å². The smallest absolute Gasteiger partial charge is 0.179 e. The van der Waals surface area contributed by atoms with E-state index in [1.165, 1.54) is 20.7 Å². The summed E-state index contributed by atoms with van der Waals surface area (Å²) in [6, 6.07) is 91.8. The molecule has 2 heterocycles. The average molecular weight is 851 g/mol. The van der Waals surface area contributed by atoms with Gasteiger partial charge in [-0.1, -0.05) is 158 Å². The maximum Gasteiger partial charge on any atom is 0.179 e. The summed E-state index contributed by atoms with van der Waals surface area (Å²) in [5, 5.41) is 9.57. The normalized spacial score (nSPS) is 11.7. The van der Waals surface area contributed by atoms with Crippen LogP contribution in [-0.4, -0.2) is 8.07 Å². The largest absolute Gasteiger partial charge is 0.456 e. The van der Waals surface area contributed by atoms with Gasteiger partial charge in [0.2, 0.25) is 0 Å². The summed E-state index contributed by atoms with van der Waals surface area (Å²) in [6.07, 6.45) is 0. The second-order valence-corrected chi connectivity index (χ2v) is 20.3. The second kappa shape index (κ2) is 16.1. The van der Waals surface area contributed by atoms with Gasteiger partial charge in [0.25, 0.3) is 0 Å². The molecule has 10 aromatic carbocycles. The van der Waals surface area contributed by atoms with E-state index in [4.69, 9.17) is 8.83 Å². The zero-order valence-electron chi connectivity index (χ0n) is 35.5.